The molecule has 1 aromatic heterocycles. The second kappa shape index (κ2) is 6.48. The summed E-state index contributed by atoms with van der Waals surface area (Å²) in [7, 11) is 0. The molecule has 0 aliphatic heterocycles. The molecule has 120 valence electrons. The molecule has 2 heteroatoms. The lowest BCUT2D eigenvalue weighted by molar-refractivity contribution is 0.717. The first-order chi connectivity index (χ1) is 11.8. The molecule has 3 aromatic carbocycles. The van der Waals surface area contributed by atoms with Crippen LogP contribution in [-0.4, -0.2) is 9.97 Å². The summed E-state index contributed by atoms with van der Waals surface area (Å²) in [4.78, 5) is 8.20. The number of rotatable bonds is 5. The lowest BCUT2D eigenvalue weighted by atomic mass is 10.00. The molecule has 4 aromatic rings. The van der Waals surface area contributed by atoms with Crippen LogP contribution < -0.4 is 0 Å². The third-order valence-corrected chi connectivity index (χ3v) is 4.75. The van der Waals surface area contributed by atoms with Gasteiger partial charge in [-0.3, -0.25) is 0 Å². The first-order valence-corrected chi connectivity index (χ1v) is 8.72. The first kappa shape index (κ1) is 14.9. The number of aryl methyl sites for hydroxylation is 3. The number of benzene rings is 3. The molecule has 0 unspecified atom stereocenters. The van der Waals surface area contributed by atoms with E-state index >= 15 is 0 Å². The Kier molecular flexibility index (Phi) is 4.04. The molecule has 1 N–H and O–H groups in total. The Labute approximate surface area is 142 Å². The Balaban J connectivity index is 1.41. The fraction of sp³-hybridized carbons (Fsp3) is 0.227. The van der Waals surface area contributed by atoms with Crippen molar-refractivity contribution in [2.75, 3.05) is 0 Å². The molecular weight excluding hydrogens is 292 g/mol. The second-order valence-corrected chi connectivity index (χ2v) is 6.50. The first-order valence-electron chi connectivity index (χ1n) is 8.72. The molecule has 1 heterocycles. The number of nitrogens with one attached hydrogen (secondary N) is 1. The second-order valence-electron chi connectivity index (χ2n) is 6.50. The van der Waals surface area contributed by atoms with E-state index in [-0.39, 0.29) is 0 Å². The highest BCUT2D eigenvalue weighted by Gasteiger charge is 2.05. The summed E-state index contributed by atoms with van der Waals surface area (Å²) in [5.74, 6) is 1.11. The standard InChI is InChI=1S/C22H22N2/c1-16-8-6-14-20-22(16)24-21(23-20)15-5-3-10-18-12-7-11-17-9-2-4-13-19(17)18/h2,4,6-9,11-14H,3,5,10,15H2,1H3,(H,23,24). The minimum atomic E-state index is 1.01. The van der Waals surface area contributed by atoms with Crippen molar-refractivity contribution in [3.63, 3.8) is 0 Å². The Morgan fingerprint density at radius 3 is 2.54 bits per heavy atom. The van der Waals surface area contributed by atoms with Gasteiger partial charge in [-0.1, -0.05) is 54.6 Å². The number of hydrogen-bond donors (Lipinski definition) is 1. The maximum atomic E-state index is 4.75. The number of aromatic amines is 1. The maximum absolute atomic E-state index is 4.75. The topological polar surface area (TPSA) is 28.7 Å². The smallest absolute Gasteiger partial charge is 0.107 e. The Bertz CT molecular complexity index is 976. The highest BCUT2D eigenvalue weighted by molar-refractivity contribution is 5.85. The molecule has 2 nitrogen and oxygen atoms in total. The summed E-state index contributed by atoms with van der Waals surface area (Å²) >= 11 is 0. The molecule has 0 spiro atoms. The average molecular weight is 314 g/mol. The summed E-state index contributed by atoms with van der Waals surface area (Å²) in [6.45, 7) is 2.12. The van der Waals surface area contributed by atoms with E-state index in [4.69, 9.17) is 4.98 Å². The third kappa shape index (κ3) is 2.92. The van der Waals surface area contributed by atoms with Crippen LogP contribution in [0, 0.1) is 6.92 Å². The molecule has 0 saturated carbocycles. The van der Waals surface area contributed by atoms with Gasteiger partial charge < -0.3 is 4.98 Å². The van der Waals surface area contributed by atoms with Gasteiger partial charge in [0, 0.05) is 6.42 Å². The molecule has 0 aliphatic rings. The van der Waals surface area contributed by atoms with Crippen molar-refractivity contribution in [2.45, 2.75) is 32.6 Å². The van der Waals surface area contributed by atoms with Crippen molar-refractivity contribution in [1.82, 2.24) is 9.97 Å². The van der Waals surface area contributed by atoms with Gasteiger partial charge in [0.2, 0.25) is 0 Å². The molecule has 0 amide bonds. The van der Waals surface area contributed by atoms with E-state index in [1.165, 1.54) is 28.3 Å². The number of para-hydroxylation sites is 1. The van der Waals surface area contributed by atoms with E-state index in [1.807, 2.05) is 0 Å². The third-order valence-electron chi connectivity index (χ3n) is 4.75. The number of nitrogens with zero attached hydrogens (tertiary/aromatic N) is 1. The monoisotopic (exact) mass is 314 g/mol. The van der Waals surface area contributed by atoms with Gasteiger partial charge in [0.15, 0.2) is 0 Å². The fourth-order valence-electron chi connectivity index (χ4n) is 3.46. The molecule has 0 bridgehead atoms. The highest BCUT2D eigenvalue weighted by atomic mass is 14.9. The normalized spacial score (nSPS) is 11.4. The summed E-state index contributed by atoms with van der Waals surface area (Å²) in [6, 6.07) is 21.6. The van der Waals surface area contributed by atoms with E-state index < -0.39 is 0 Å². The SMILES string of the molecule is Cc1cccc2[nH]c(CCCCc3cccc4ccccc34)nc12. The molecule has 4 rings (SSSR count). The van der Waals surface area contributed by atoms with Crippen molar-refractivity contribution in [1.29, 1.82) is 0 Å². The fourth-order valence-corrected chi connectivity index (χ4v) is 3.46. The Morgan fingerprint density at radius 1 is 0.833 bits per heavy atom. The van der Waals surface area contributed by atoms with Gasteiger partial charge in [-0.25, -0.2) is 4.98 Å². The van der Waals surface area contributed by atoms with Gasteiger partial charge in [-0.2, -0.15) is 0 Å². The number of fused-ring (bicyclic) bond motifs is 2. The largest absolute Gasteiger partial charge is 0.342 e. The number of hydrogen-bond acceptors (Lipinski definition) is 1. The summed E-state index contributed by atoms with van der Waals surface area (Å²) in [5, 5.41) is 2.72. The van der Waals surface area contributed by atoms with Crippen LogP contribution in [0.3, 0.4) is 0 Å². The van der Waals surface area contributed by atoms with Crippen molar-refractivity contribution in [2.24, 2.45) is 0 Å². The van der Waals surface area contributed by atoms with Gasteiger partial charge in [-0.15, -0.1) is 0 Å². The zero-order valence-corrected chi connectivity index (χ0v) is 14.0. The zero-order valence-electron chi connectivity index (χ0n) is 14.0. The number of H-pyrrole nitrogens is 1. The molecule has 0 saturated heterocycles. The van der Waals surface area contributed by atoms with Crippen LogP contribution in [0.15, 0.2) is 60.7 Å². The Morgan fingerprint density at radius 2 is 1.62 bits per heavy atom. The summed E-state index contributed by atoms with van der Waals surface area (Å²) in [6.07, 6.45) is 4.48. The van der Waals surface area contributed by atoms with Gasteiger partial charge in [-0.05, 0) is 54.2 Å². The summed E-state index contributed by atoms with van der Waals surface area (Å²) in [5.41, 5.74) is 4.96. The average Bonchev–Trinajstić information content (AvgIpc) is 3.03. The zero-order chi connectivity index (χ0) is 16.4. The predicted octanol–water partition coefficient (Wildman–Crippen LogP) is 5.59. The van der Waals surface area contributed by atoms with E-state index in [0.717, 1.165) is 36.1 Å². The Hall–Kier alpha value is -2.61. The van der Waals surface area contributed by atoms with Crippen molar-refractivity contribution in [3.8, 4) is 0 Å². The van der Waals surface area contributed by atoms with Crippen molar-refractivity contribution < 1.29 is 0 Å². The molecular formula is C22H22N2. The van der Waals surface area contributed by atoms with Crippen LogP contribution in [0.4, 0.5) is 0 Å². The summed E-state index contributed by atoms with van der Waals surface area (Å²) < 4.78 is 0. The lowest BCUT2D eigenvalue weighted by Gasteiger charge is -2.06. The minimum Gasteiger partial charge on any atom is -0.342 e. The van der Waals surface area contributed by atoms with Crippen LogP contribution in [0.5, 0.6) is 0 Å². The highest BCUT2D eigenvalue weighted by Crippen LogP contribution is 2.21. The van der Waals surface area contributed by atoms with E-state index in [1.54, 1.807) is 0 Å². The van der Waals surface area contributed by atoms with E-state index in [9.17, 15) is 0 Å². The van der Waals surface area contributed by atoms with Gasteiger partial charge >= 0.3 is 0 Å². The van der Waals surface area contributed by atoms with Crippen LogP contribution in [0.25, 0.3) is 21.8 Å². The van der Waals surface area contributed by atoms with Crippen molar-refractivity contribution >= 4 is 21.8 Å². The minimum absolute atomic E-state index is 1.01. The van der Waals surface area contributed by atoms with Gasteiger partial charge in [0.05, 0.1) is 11.0 Å². The van der Waals surface area contributed by atoms with E-state index in [0.29, 0.717) is 0 Å². The quantitative estimate of drug-likeness (QED) is 0.478. The predicted molar refractivity (Wildman–Crippen MR) is 101 cm³/mol. The van der Waals surface area contributed by atoms with E-state index in [2.05, 4.69) is 72.6 Å². The number of imidazole rings is 1. The number of aromatic nitrogens is 2. The number of unbranched alkanes of at least 4 members (excludes halogenated alkanes) is 1. The molecule has 0 fully saturated rings. The van der Waals surface area contributed by atoms with Crippen LogP contribution in [0.2, 0.25) is 0 Å². The van der Waals surface area contributed by atoms with Gasteiger partial charge in [0.1, 0.15) is 5.82 Å². The van der Waals surface area contributed by atoms with Crippen LogP contribution >= 0.6 is 0 Å². The molecule has 24 heavy (non-hydrogen) atoms. The molecule has 0 aliphatic carbocycles. The van der Waals surface area contributed by atoms with Crippen molar-refractivity contribution in [3.05, 3.63) is 77.6 Å². The lowest BCUT2D eigenvalue weighted by Crippen LogP contribution is -1.92. The molecule has 0 atom stereocenters. The van der Waals surface area contributed by atoms with Crippen LogP contribution in [0.1, 0.15) is 29.8 Å². The van der Waals surface area contributed by atoms with Crippen LogP contribution in [-0.2, 0) is 12.8 Å². The van der Waals surface area contributed by atoms with Gasteiger partial charge in [0.25, 0.3) is 0 Å². The maximum Gasteiger partial charge on any atom is 0.107 e. The molecule has 0 radical (unpaired) electrons.